The van der Waals surface area contributed by atoms with E-state index in [4.69, 9.17) is 23.8 Å². The standard InChI is InChI=1S/C25H18ClN3O5S2/c26-15-7-5-13(6-8-15)9-20-23(32)29(25(35)36-20)18-11-21(30)28(22(18)31)19(24(33)34)10-14-12-27-17-4-2-1-3-16(14)17/h1-9,12,18-19,27H,10-11H2,(H,33,34)/b20-9-. The molecule has 2 fully saturated rings. The average Bonchev–Trinajstić information content (AvgIpc) is 3.47. The van der Waals surface area contributed by atoms with Crippen LogP contribution < -0.4 is 0 Å². The SMILES string of the molecule is O=C(O)C(Cc1c[nH]c2ccccc12)N1C(=O)CC(N2C(=O)/C(=C/c3ccc(Cl)cc3)SC2=S)C1=O. The minimum atomic E-state index is -1.42. The monoisotopic (exact) mass is 539 g/mol. The van der Waals surface area contributed by atoms with Crippen LogP contribution in [0, 0.1) is 0 Å². The molecule has 0 bridgehead atoms. The predicted molar refractivity (Wildman–Crippen MR) is 140 cm³/mol. The van der Waals surface area contributed by atoms with Crippen LogP contribution in [-0.2, 0) is 25.6 Å². The summed E-state index contributed by atoms with van der Waals surface area (Å²) in [4.78, 5) is 56.9. The molecule has 8 nitrogen and oxygen atoms in total. The molecule has 182 valence electrons. The molecule has 2 atom stereocenters. The molecule has 3 aromatic rings. The summed E-state index contributed by atoms with van der Waals surface area (Å²) in [5, 5.41) is 11.3. The number of H-pyrrole nitrogens is 1. The summed E-state index contributed by atoms with van der Waals surface area (Å²) < 4.78 is 0.136. The smallest absolute Gasteiger partial charge is 0.327 e. The van der Waals surface area contributed by atoms with Gasteiger partial charge in [0.05, 0.1) is 11.3 Å². The fourth-order valence-electron chi connectivity index (χ4n) is 4.42. The van der Waals surface area contributed by atoms with E-state index in [1.807, 2.05) is 24.3 Å². The van der Waals surface area contributed by atoms with E-state index in [1.54, 1.807) is 36.5 Å². The number of nitrogens with one attached hydrogen (secondary N) is 1. The van der Waals surface area contributed by atoms with Crippen LogP contribution >= 0.6 is 35.6 Å². The van der Waals surface area contributed by atoms with Gasteiger partial charge in [-0.25, -0.2) is 4.79 Å². The number of thioether (sulfide) groups is 1. The van der Waals surface area contributed by atoms with Crippen molar-refractivity contribution in [1.82, 2.24) is 14.8 Å². The first-order valence-electron chi connectivity index (χ1n) is 10.9. The molecule has 0 saturated carbocycles. The molecular formula is C25H18ClN3O5S2. The lowest BCUT2D eigenvalue weighted by molar-refractivity contribution is -0.154. The van der Waals surface area contributed by atoms with Crippen molar-refractivity contribution in [2.45, 2.75) is 24.9 Å². The number of aliphatic carboxylic acids is 1. The summed E-state index contributed by atoms with van der Waals surface area (Å²) in [6, 6.07) is 11.6. The number of carboxylic acid groups (broad SMARTS) is 1. The van der Waals surface area contributed by atoms with Crippen molar-refractivity contribution < 1.29 is 24.3 Å². The molecule has 2 N–H and O–H groups in total. The highest BCUT2D eigenvalue weighted by atomic mass is 35.5. The first-order valence-corrected chi connectivity index (χ1v) is 12.5. The summed E-state index contributed by atoms with van der Waals surface area (Å²) in [5.74, 6) is -3.23. The first-order chi connectivity index (χ1) is 17.2. The van der Waals surface area contributed by atoms with Crippen molar-refractivity contribution in [3.05, 3.63) is 75.8 Å². The van der Waals surface area contributed by atoms with E-state index < -0.39 is 35.8 Å². The number of carbonyl (C=O) groups is 4. The topological polar surface area (TPSA) is 111 Å². The zero-order valence-corrected chi connectivity index (χ0v) is 20.9. The number of thiocarbonyl (C=S) groups is 1. The number of aromatic nitrogens is 1. The Morgan fingerprint density at radius 2 is 1.92 bits per heavy atom. The summed E-state index contributed by atoms with van der Waals surface area (Å²) in [5.41, 5.74) is 2.21. The van der Waals surface area contributed by atoms with Crippen LogP contribution in [0.3, 0.4) is 0 Å². The van der Waals surface area contributed by atoms with Gasteiger partial charge in [0.15, 0.2) is 0 Å². The van der Waals surface area contributed by atoms with Crippen molar-refractivity contribution >= 4 is 80.6 Å². The molecule has 2 saturated heterocycles. The lowest BCUT2D eigenvalue weighted by Gasteiger charge is -2.25. The van der Waals surface area contributed by atoms with Crippen molar-refractivity contribution in [3.63, 3.8) is 0 Å². The molecular weight excluding hydrogens is 522 g/mol. The molecule has 36 heavy (non-hydrogen) atoms. The van der Waals surface area contributed by atoms with Gasteiger partial charge in [0.2, 0.25) is 5.91 Å². The summed E-state index contributed by atoms with van der Waals surface area (Å²) in [7, 11) is 0. The van der Waals surface area contributed by atoms with Crippen LogP contribution in [0.2, 0.25) is 5.02 Å². The predicted octanol–water partition coefficient (Wildman–Crippen LogP) is 3.85. The van der Waals surface area contributed by atoms with Gasteiger partial charge in [0.25, 0.3) is 11.8 Å². The number of halogens is 1. The quantitative estimate of drug-likeness (QED) is 0.278. The number of aromatic amines is 1. The third-order valence-corrected chi connectivity index (χ3v) is 7.73. The Balaban J connectivity index is 1.40. The van der Waals surface area contributed by atoms with Crippen LogP contribution in [0.5, 0.6) is 0 Å². The number of nitrogens with zero attached hydrogens (tertiary/aromatic N) is 2. The van der Waals surface area contributed by atoms with Gasteiger partial charge in [-0.05, 0) is 35.4 Å². The number of hydrogen-bond acceptors (Lipinski definition) is 6. The zero-order valence-electron chi connectivity index (χ0n) is 18.5. The van der Waals surface area contributed by atoms with Crippen molar-refractivity contribution in [2.75, 3.05) is 0 Å². The van der Waals surface area contributed by atoms with Gasteiger partial charge in [-0.3, -0.25) is 24.2 Å². The van der Waals surface area contributed by atoms with Crippen LogP contribution in [0.25, 0.3) is 17.0 Å². The average molecular weight is 540 g/mol. The Morgan fingerprint density at radius 3 is 2.64 bits per heavy atom. The number of amides is 3. The number of benzene rings is 2. The van der Waals surface area contributed by atoms with Crippen molar-refractivity contribution in [3.8, 4) is 0 Å². The second-order valence-corrected chi connectivity index (χ2v) is 10.5. The zero-order chi connectivity index (χ0) is 25.6. The molecule has 3 amide bonds. The van der Waals surface area contributed by atoms with Gasteiger partial charge in [-0.15, -0.1) is 0 Å². The lowest BCUT2D eigenvalue weighted by Crippen LogP contribution is -2.50. The normalized spacial score (nSPS) is 20.2. The lowest BCUT2D eigenvalue weighted by atomic mass is 10.0. The maximum Gasteiger partial charge on any atom is 0.327 e. The van der Waals surface area contributed by atoms with E-state index in [0.29, 0.717) is 15.5 Å². The Labute approximate surface area is 219 Å². The minimum Gasteiger partial charge on any atom is -0.480 e. The third kappa shape index (κ3) is 4.32. The maximum atomic E-state index is 13.4. The highest BCUT2D eigenvalue weighted by molar-refractivity contribution is 8.26. The van der Waals surface area contributed by atoms with Gasteiger partial charge in [-0.1, -0.05) is 65.9 Å². The van der Waals surface area contributed by atoms with E-state index >= 15 is 0 Å². The van der Waals surface area contributed by atoms with Gasteiger partial charge in [-0.2, -0.15) is 0 Å². The molecule has 2 aromatic carbocycles. The second kappa shape index (κ2) is 9.53. The molecule has 0 aliphatic carbocycles. The van der Waals surface area contributed by atoms with Gasteiger partial charge >= 0.3 is 5.97 Å². The Morgan fingerprint density at radius 1 is 1.19 bits per heavy atom. The van der Waals surface area contributed by atoms with E-state index in [1.165, 1.54) is 0 Å². The van der Waals surface area contributed by atoms with Crippen LogP contribution in [0.15, 0.2) is 59.6 Å². The van der Waals surface area contributed by atoms with Gasteiger partial charge in [0.1, 0.15) is 16.4 Å². The Hall–Kier alpha value is -3.47. The van der Waals surface area contributed by atoms with E-state index in [0.717, 1.165) is 38.0 Å². The molecule has 0 radical (unpaired) electrons. The summed E-state index contributed by atoms with van der Waals surface area (Å²) in [6.45, 7) is 0. The molecule has 2 aliphatic heterocycles. The first kappa shape index (κ1) is 24.2. The summed E-state index contributed by atoms with van der Waals surface area (Å²) in [6.07, 6.45) is 2.90. The van der Waals surface area contributed by atoms with Gasteiger partial charge < -0.3 is 10.1 Å². The Kier molecular flexibility index (Phi) is 6.42. The highest BCUT2D eigenvalue weighted by Crippen LogP contribution is 2.37. The van der Waals surface area contributed by atoms with Crippen LogP contribution in [0.1, 0.15) is 17.5 Å². The largest absolute Gasteiger partial charge is 0.480 e. The van der Waals surface area contributed by atoms with E-state index in [2.05, 4.69) is 4.98 Å². The van der Waals surface area contributed by atoms with E-state index in [-0.39, 0.29) is 17.2 Å². The molecule has 11 heteroatoms. The maximum absolute atomic E-state index is 13.4. The molecule has 2 aliphatic rings. The number of hydrogen-bond donors (Lipinski definition) is 2. The van der Waals surface area contributed by atoms with Crippen molar-refractivity contribution in [1.29, 1.82) is 0 Å². The number of fused-ring (bicyclic) bond motifs is 1. The fraction of sp³-hybridized carbons (Fsp3) is 0.160. The number of rotatable bonds is 6. The molecule has 5 rings (SSSR count). The fourth-order valence-corrected chi connectivity index (χ4v) is 5.90. The second-order valence-electron chi connectivity index (χ2n) is 8.34. The molecule has 0 spiro atoms. The number of likely N-dealkylation sites (tertiary alicyclic amines) is 1. The number of carboxylic acids is 1. The van der Waals surface area contributed by atoms with Crippen LogP contribution in [0.4, 0.5) is 0 Å². The number of para-hydroxylation sites is 1. The van der Waals surface area contributed by atoms with E-state index in [9.17, 15) is 24.3 Å². The highest BCUT2D eigenvalue weighted by Gasteiger charge is 2.51. The summed E-state index contributed by atoms with van der Waals surface area (Å²) >= 11 is 12.3. The van der Waals surface area contributed by atoms with Gasteiger partial charge in [0, 0.05) is 28.5 Å². The number of imide groups is 1. The molecule has 1 aromatic heterocycles. The van der Waals surface area contributed by atoms with Crippen LogP contribution in [-0.4, -0.2) is 60.0 Å². The Bertz CT molecular complexity index is 1470. The van der Waals surface area contributed by atoms with Crippen molar-refractivity contribution in [2.24, 2.45) is 0 Å². The molecule has 3 heterocycles. The number of carbonyl (C=O) groups excluding carboxylic acids is 3. The third-order valence-electron chi connectivity index (χ3n) is 6.15. The minimum absolute atomic E-state index is 0.0710. The molecule has 2 unspecified atom stereocenters.